The summed E-state index contributed by atoms with van der Waals surface area (Å²) in [7, 11) is 0. The van der Waals surface area contributed by atoms with E-state index in [2.05, 4.69) is 4.98 Å². The minimum Gasteiger partial charge on any atom is -0.399 e. The van der Waals surface area contributed by atoms with Crippen molar-refractivity contribution in [1.29, 1.82) is 0 Å². The molecule has 0 unspecified atom stereocenters. The van der Waals surface area contributed by atoms with Gasteiger partial charge in [0.2, 0.25) is 5.91 Å². The molecule has 1 amide bonds. The number of amides is 1. The van der Waals surface area contributed by atoms with E-state index < -0.39 is 0 Å². The average molecular weight is 281 g/mol. The number of aryl methyl sites for hydroxylation is 1. The van der Waals surface area contributed by atoms with Gasteiger partial charge in [-0.3, -0.25) is 9.78 Å². The van der Waals surface area contributed by atoms with Crippen LogP contribution in [0.25, 0.3) is 0 Å². The second-order valence-corrected chi connectivity index (χ2v) is 5.40. The Labute approximate surface area is 124 Å². The van der Waals surface area contributed by atoms with Crippen LogP contribution in [0, 0.1) is 0 Å². The predicted octanol–water partition coefficient (Wildman–Crippen LogP) is 2.58. The van der Waals surface area contributed by atoms with Gasteiger partial charge >= 0.3 is 0 Å². The summed E-state index contributed by atoms with van der Waals surface area (Å²) in [6.07, 6.45) is 6.82. The van der Waals surface area contributed by atoms with Gasteiger partial charge in [-0.1, -0.05) is 6.07 Å². The molecular formula is C17H19N3O. The summed E-state index contributed by atoms with van der Waals surface area (Å²) in [5.41, 5.74) is 9.95. The molecule has 0 spiro atoms. The highest BCUT2D eigenvalue weighted by Gasteiger charge is 2.21. The van der Waals surface area contributed by atoms with Crippen LogP contribution in [0.4, 0.5) is 11.4 Å². The van der Waals surface area contributed by atoms with Gasteiger partial charge in [0.25, 0.3) is 0 Å². The standard InChI is InChI=1S/C17H19N3O/c18-15-6-7-16-14(11-15)4-1-5-17(21)20(16)10-8-13-3-2-9-19-12-13/h2-3,6-7,9,11-12H,1,4-5,8,10,18H2. The van der Waals surface area contributed by atoms with Gasteiger partial charge in [-0.05, 0) is 54.7 Å². The lowest BCUT2D eigenvalue weighted by atomic mass is 10.1. The molecule has 1 aliphatic heterocycles. The summed E-state index contributed by atoms with van der Waals surface area (Å²) >= 11 is 0. The smallest absolute Gasteiger partial charge is 0.227 e. The molecule has 3 rings (SSSR count). The third-order valence-electron chi connectivity index (χ3n) is 3.88. The van der Waals surface area contributed by atoms with Crippen molar-refractivity contribution in [3.63, 3.8) is 0 Å². The van der Waals surface area contributed by atoms with Crippen molar-refractivity contribution in [3.8, 4) is 0 Å². The molecule has 0 atom stereocenters. The van der Waals surface area contributed by atoms with Crippen LogP contribution in [0.15, 0.2) is 42.7 Å². The number of anilines is 2. The number of nitrogen functional groups attached to an aromatic ring is 1. The fourth-order valence-corrected chi connectivity index (χ4v) is 2.80. The number of fused-ring (bicyclic) bond motifs is 1. The van der Waals surface area contributed by atoms with E-state index in [1.165, 1.54) is 5.56 Å². The van der Waals surface area contributed by atoms with Crippen LogP contribution in [0.3, 0.4) is 0 Å². The quantitative estimate of drug-likeness (QED) is 0.880. The number of hydrogen-bond acceptors (Lipinski definition) is 3. The van der Waals surface area contributed by atoms with Gasteiger partial charge in [0.1, 0.15) is 0 Å². The van der Waals surface area contributed by atoms with E-state index in [9.17, 15) is 4.79 Å². The Kier molecular flexibility index (Phi) is 3.86. The zero-order chi connectivity index (χ0) is 14.7. The maximum atomic E-state index is 12.4. The van der Waals surface area contributed by atoms with Crippen LogP contribution in [0.5, 0.6) is 0 Å². The molecule has 0 bridgehead atoms. The fraction of sp³-hybridized carbons (Fsp3) is 0.294. The zero-order valence-corrected chi connectivity index (χ0v) is 12.0. The maximum Gasteiger partial charge on any atom is 0.227 e. The highest BCUT2D eigenvalue weighted by molar-refractivity contribution is 5.95. The Morgan fingerprint density at radius 1 is 1.24 bits per heavy atom. The highest BCUT2D eigenvalue weighted by atomic mass is 16.2. The lowest BCUT2D eigenvalue weighted by molar-refractivity contribution is -0.118. The SMILES string of the molecule is Nc1ccc2c(c1)CCCC(=O)N2CCc1cccnc1. The number of carbonyl (C=O) groups is 1. The predicted molar refractivity (Wildman–Crippen MR) is 84.1 cm³/mol. The second-order valence-electron chi connectivity index (χ2n) is 5.40. The summed E-state index contributed by atoms with van der Waals surface area (Å²) < 4.78 is 0. The molecular weight excluding hydrogens is 262 g/mol. The first kappa shape index (κ1) is 13.6. The first-order chi connectivity index (χ1) is 10.2. The number of nitrogens with two attached hydrogens (primary N) is 1. The monoisotopic (exact) mass is 281 g/mol. The molecule has 4 heteroatoms. The largest absolute Gasteiger partial charge is 0.399 e. The van der Waals surface area contributed by atoms with Gasteiger partial charge in [0, 0.05) is 36.7 Å². The summed E-state index contributed by atoms with van der Waals surface area (Å²) in [4.78, 5) is 18.4. The minimum absolute atomic E-state index is 0.197. The number of nitrogens with zero attached hydrogens (tertiary/aromatic N) is 2. The van der Waals surface area contributed by atoms with Crippen LogP contribution in [0.2, 0.25) is 0 Å². The Morgan fingerprint density at radius 3 is 2.95 bits per heavy atom. The zero-order valence-electron chi connectivity index (χ0n) is 12.0. The molecule has 4 nitrogen and oxygen atoms in total. The Morgan fingerprint density at radius 2 is 2.14 bits per heavy atom. The number of aromatic nitrogens is 1. The van der Waals surface area contributed by atoms with Crippen molar-refractivity contribution in [3.05, 3.63) is 53.9 Å². The van der Waals surface area contributed by atoms with Crippen molar-refractivity contribution in [2.75, 3.05) is 17.2 Å². The average Bonchev–Trinajstić information content (AvgIpc) is 2.64. The summed E-state index contributed by atoms with van der Waals surface area (Å²) in [5, 5.41) is 0. The molecule has 0 radical (unpaired) electrons. The molecule has 2 heterocycles. The highest BCUT2D eigenvalue weighted by Crippen LogP contribution is 2.28. The number of rotatable bonds is 3. The summed E-state index contributed by atoms with van der Waals surface area (Å²) in [6, 6.07) is 9.80. The lowest BCUT2D eigenvalue weighted by Crippen LogP contribution is -2.32. The van der Waals surface area contributed by atoms with Crippen LogP contribution in [-0.2, 0) is 17.6 Å². The lowest BCUT2D eigenvalue weighted by Gasteiger charge is -2.23. The molecule has 1 aromatic carbocycles. The van der Waals surface area contributed by atoms with E-state index in [4.69, 9.17) is 5.73 Å². The number of hydrogen-bond donors (Lipinski definition) is 1. The van der Waals surface area contributed by atoms with Crippen molar-refractivity contribution >= 4 is 17.3 Å². The van der Waals surface area contributed by atoms with E-state index in [0.29, 0.717) is 13.0 Å². The number of carbonyl (C=O) groups excluding carboxylic acids is 1. The molecule has 1 aliphatic rings. The summed E-state index contributed by atoms with van der Waals surface area (Å²) in [5.74, 6) is 0.197. The van der Waals surface area contributed by atoms with Crippen molar-refractivity contribution < 1.29 is 4.79 Å². The van der Waals surface area contributed by atoms with Crippen LogP contribution in [-0.4, -0.2) is 17.4 Å². The third kappa shape index (κ3) is 3.05. The van der Waals surface area contributed by atoms with Crippen LogP contribution >= 0.6 is 0 Å². The number of benzene rings is 1. The molecule has 2 aromatic rings. The first-order valence-corrected chi connectivity index (χ1v) is 7.32. The van der Waals surface area contributed by atoms with Crippen molar-refractivity contribution in [2.45, 2.75) is 25.7 Å². The minimum atomic E-state index is 0.197. The van der Waals surface area contributed by atoms with Crippen LogP contribution < -0.4 is 10.6 Å². The van der Waals surface area contributed by atoms with Crippen molar-refractivity contribution in [2.24, 2.45) is 0 Å². The van der Waals surface area contributed by atoms with Gasteiger partial charge in [-0.25, -0.2) is 0 Å². The van der Waals surface area contributed by atoms with Gasteiger partial charge in [-0.15, -0.1) is 0 Å². The van der Waals surface area contributed by atoms with Crippen LogP contribution in [0.1, 0.15) is 24.0 Å². The molecule has 0 aliphatic carbocycles. The van der Waals surface area contributed by atoms with Gasteiger partial charge in [0.15, 0.2) is 0 Å². The second kappa shape index (κ2) is 5.95. The topological polar surface area (TPSA) is 59.2 Å². The first-order valence-electron chi connectivity index (χ1n) is 7.32. The molecule has 0 saturated heterocycles. The Balaban J connectivity index is 1.84. The van der Waals surface area contributed by atoms with Gasteiger partial charge in [-0.2, -0.15) is 0 Å². The fourth-order valence-electron chi connectivity index (χ4n) is 2.80. The van der Waals surface area contributed by atoms with E-state index in [1.54, 1.807) is 6.20 Å². The Bertz CT molecular complexity index is 640. The molecule has 0 fully saturated rings. The van der Waals surface area contributed by atoms with Gasteiger partial charge in [0.05, 0.1) is 0 Å². The molecule has 1 aromatic heterocycles. The molecule has 0 saturated carbocycles. The molecule has 108 valence electrons. The maximum absolute atomic E-state index is 12.4. The normalized spacial score (nSPS) is 14.7. The van der Waals surface area contributed by atoms with E-state index >= 15 is 0 Å². The van der Waals surface area contributed by atoms with E-state index in [1.807, 2.05) is 41.4 Å². The molecule has 21 heavy (non-hydrogen) atoms. The summed E-state index contributed by atoms with van der Waals surface area (Å²) in [6.45, 7) is 0.682. The van der Waals surface area contributed by atoms with Crippen molar-refractivity contribution in [1.82, 2.24) is 4.98 Å². The third-order valence-corrected chi connectivity index (χ3v) is 3.88. The Hall–Kier alpha value is -2.36. The van der Waals surface area contributed by atoms with E-state index in [0.717, 1.165) is 36.2 Å². The molecule has 2 N–H and O–H groups in total. The van der Waals surface area contributed by atoms with E-state index in [-0.39, 0.29) is 5.91 Å². The number of pyridine rings is 1. The van der Waals surface area contributed by atoms with Gasteiger partial charge < -0.3 is 10.6 Å².